The van der Waals surface area contributed by atoms with Crippen LogP contribution in [0.2, 0.25) is 0 Å². The normalized spacial score (nSPS) is 11.1. The number of nitrogens with one attached hydrogen (secondary N) is 1. The van der Waals surface area contributed by atoms with Crippen LogP contribution in [-0.4, -0.2) is 41.0 Å². The van der Waals surface area contributed by atoms with Crippen molar-refractivity contribution in [3.63, 3.8) is 0 Å². The molecule has 16 heavy (non-hydrogen) atoms. The van der Waals surface area contributed by atoms with Gasteiger partial charge < -0.3 is 10.2 Å². The van der Waals surface area contributed by atoms with E-state index in [1.54, 1.807) is 12.4 Å². The lowest BCUT2D eigenvalue weighted by Crippen LogP contribution is -2.28. The first kappa shape index (κ1) is 12.9. The van der Waals surface area contributed by atoms with E-state index >= 15 is 0 Å². The third-order valence-corrected chi connectivity index (χ3v) is 2.74. The fourth-order valence-electron chi connectivity index (χ4n) is 1.37. The van der Waals surface area contributed by atoms with Crippen LogP contribution in [0.4, 0.5) is 5.82 Å². The highest BCUT2D eigenvalue weighted by Crippen LogP contribution is 2.05. The van der Waals surface area contributed by atoms with E-state index in [-0.39, 0.29) is 0 Å². The van der Waals surface area contributed by atoms with Crippen LogP contribution < -0.4 is 5.32 Å². The number of nitrogens with zero attached hydrogens (tertiary/aromatic N) is 3. The van der Waals surface area contributed by atoms with Crippen LogP contribution in [0.25, 0.3) is 0 Å². The van der Waals surface area contributed by atoms with Gasteiger partial charge >= 0.3 is 0 Å². The fraction of sp³-hybridized carbons (Fsp3) is 0.667. The van der Waals surface area contributed by atoms with Crippen molar-refractivity contribution in [1.29, 1.82) is 0 Å². The molecule has 90 valence electrons. The molecule has 0 unspecified atom stereocenters. The molecule has 0 fully saturated rings. The van der Waals surface area contributed by atoms with Crippen molar-refractivity contribution in [3.8, 4) is 0 Å². The van der Waals surface area contributed by atoms with Crippen molar-refractivity contribution < 1.29 is 0 Å². The lowest BCUT2D eigenvalue weighted by atomic mass is 10.3. The third-order valence-electron chi connectivity index (χ3n) is 2.74. The van der Waals surface area contributed by atoms with E-state index in [0.717, 1.165) is 31.0 Å². The van der Waals surface area contributed by atoms with Gasteiger partial charge in [-0.2, -0.15) is 0 Å². The van der Waals surface area contributed by atoms with Crippen LogP contribution in [0.15, 0.2) is 12.4 Å². The molecule has 1 rings (SSSR count). The summed E-state index contributed by atoms with van der Waals surface area (Å²) in [6.45, 7) is 8.43. The molecule has 0 amide bonds. The van der Waals surface area contributed by atoms with Crippen molar-refractivity contribution >= 4 is 5.82 Å². The largest absolute Gasteiger partial charge is 0.369 e. The van der Waals surface area contributed by atoms with Gasteiger partial charge in [-0.25, -0.2) is 4.98 Å². The van der Waals surface area contributed by atoms with Crippen LogP contribution in [0.3, 0.4) is 0 Å². The molecule has 1 heterocycles. The van der Waals surface area contributed by atoms with Gasteiger partial charge in [0.25, 0.3) is 0 Å². The molecule has 0 radical (unpaired) electrons. The van der Waals surface area contributed by atoms with E-state index in [9.17, 15) is 0 Å². The Hall–Kier alpha value is -1.16. The first-order valence-electron chi connectivity index (χ1n) is 5.83. The highest BCUT2D eigenvalue weighted by Gasteiger charge is 2.02. The summed E-state index contributed by atoms with van der Waals surface area (Å²) in [5, 5.41) is 3.31. The van der Waals surface area contributed by atoms with Crippen molar-refractivity contribution in [2.24, 2.45) is 0 Å². The number of aromatic nitrogens is 2. The van der Waals surface area contributed by atoms with Crippen molar-refractivity contribution in [2.45, 2.75) is 33.2 Å². The molecular weight excluding hydrogens is 200 g/mol. The topological polar surface area (TPSA) is 41.1 Å². The molecule has 4 heteroatoms. The van der Waals surface area contributed by atoms with Gasteiger partial charge in [0.05, 0.1) is 5.69 Å². The summed E-state index contributed by atoms with van der Waals surface area (Å²) in [4.78, 5) is 10.8. The first-order valence-corrected chi connectivity index (χ1v) is 5.83. The van der Waals surface area contributed by atoms with Crippen LogP contribution in [0, 0.1) is 6.92 Å². The summed E-state index contributed by atoms with van der Waals surface area (Å²) in [5.41, 5.74) is 0.958. The molecule has 0 aliphatic heterocycles. The minimum absolute atomic E-state index is 0.609. The summed E-state index contributed by atoms with van der Waals surface area (Å²) in [6, 6.07) is 0.609. The molecule has 0 bridgehead atoms. The Morgan fingerprint density at radius 3 is 2.62 bits per heavy atom. The molecule has 0 saturated heterocycles. The minimum atomic E-state index is 0.609. The highest BCUT2D eigenvalue weighted by atomic mass is 15.1. The van der Waals surface area contributed by atoms with Crippen LogP contribution in [0.1, 0.15) is 26.0 Å². The van der Waals surface area contributed by atoms with Gasteiger partial charge in [0.2, 0.25) is 0 Å². The van der Waals surface area contributed by atoms with E-state index in [4.69, 9.17) is 0 Å². The Bertz CT molecular complexity index is 312. The minimum Gasteiger partial charge on any atom is -0.369 e. The smallest absolute Gasteiger partial charge is 0.147 e. The van der Waals surface area contributed by atoms with Crippen molar-refractivity contribution in [3.05, 3.63) is 18.1 Å². The summed E-state index contributed by atoms with van der Waals surface area (Å²) >= 11 is 0. The van der Waals surface area contributed by atoms with E-state index in [1.165, 1.54) is 0 Å². The molecule has 0 aromatic carbocycles. The third kappa shape index (κ3) is 4.14. The number of hydrogen-bond donors (Lipinski definition) is 1. The number of anilines is 1. The molecule has 0 spiro atoms. The van der Waals surface area contributed by atoms with Gasteiger partial charge in [-0.15, -0.1) is 0 Å². The molecule has 1 N–H and O–H groups in total. The average molecular weight is 222 g/mol. The van der Waals surface area contributed by atoms with Gasteiger partial charge in [0.1, 0.15) is 5.82 Å². The Labute approximate surface area is 98.1 Å². The maximum absolute atomic E-state index is 4.24. The summed E-state index contributed by atoms with van der Waals surface area (Å²) in [6.07, 6.45) is 4.55. The molecule has 0 atom stereocenters. The predicted molar refractivity (Wildman–Crippen MR) is 67.6 cm³/mol. The van der Waals surface area contributed by atoms with Crippen LogP contribution in [0.5, 0.6) is 0 Å². The van der Waals surface area contributed by atoms with Crippen molar-refractivity contribution in [2.75, 3.05) is 25.5 Å². The van der Waals surface area contributed by atoms with E-state index < -0.39 is 0 Å². The predicted octanol–water partition coefficient (Wildman–Crippen LogP) is 1.93. The zero-order valence-electron chi connectivity index (χ0n) is 10.7. The second kappa shape index (κ2) is 6.43. The monoisotopic (exact) mass is 222 g/mol. The van der Waals surface area contributed by atoms with E-state index in [2.05, 4.69) is 41.1 Å². The zero-order valence-corrected chi connectivity index (χ0v) is 10.7. The first-order chi connectivity index (χ1) is 7.61. The molecule has 0 aliphatic carbocycles. The molecular formula is C12H22N4. The zero-order chi connectivity index (χ0) is 12.0. The number of aryl methyl sites for hydroxylation is 1. The Kier molecular flexibility index (Phi) is 5.19. The van der Waals surface area contributed by atoms with Gasteiger partial charge in [-0.3, -0.25) is 4.98 Å². The Morgan fingerprint density at radius 2 is 2.00 bits per heavy atom. The van der Waals surface area contributed by atoms with Gasteiger partial charge in [-0.05, 0) is 40.8 Å². The van der Waals surface area contributed by atoms with Crippen LogP contribution >= 0.6 is 0 Å². The molecule has 1 aromatic rings. The molecule has 0 saturated carbocycles. The average Bonchev–Trinajstić information content (AvgIpc) is 2.26. The van der Waals surface area contributed by atoms with Crippen molar-refractivity contribution in [1.82, 2.24) is 14.9 Å². The van der Waals surface area contributed by atoms with Gasteiger partial charge in [0, 0.05) is 25.0 Å². The summed E-state index contributed by atoms with van der Waals surface area (Å²) in [5.74, 6) is 0.898. The summed E-state index contributed by atoms with van der Waals surface area (Å²) in [7, 11) is 2.15. The lowest BCUT2D eigenvalue weighted by molar-refractivity contribution is 0.273. The number of rotatable bonds is 6. The van der Waals surface area contributed by atoms with Gasteiger partial charge in [0.15, 0.2) is 0 Å². The number of hydrogen-bond acceptors (Lipinski definition) is 4. The van der Waals surface area contributed by atoms with Crippen LogP contribution in [-0.2, 0) is 0 Å². The molecule has 0 aliphatic rings. The summed E-state index contributed by atoms with van der Waals surface area (Å²) < 4.78 is 0. The second-order valence-electron chi connectivity index (χ2n) is 4.35. The fourth-order valence-corrected chi connectivity index (χ4v) is 1.37. The standard InChI is InChI=1S/C12H22N4/c1-10(2)16(4)9-5-6-14-12-11(3)13-7-8-15-12/h7-8,10H,5-6,9H2,1-4H3,(H,14,15). The molecule has 4 nitrogen and oxygen atoms in total. The van der Waals surface area contributed by atoms with Gasteiger partial charge in [-0.1, -0.05) is 0 Å². The Balaban J connectivity index is 2.24. The maximum Gasteiger partial charge on any atom is 0.147 e. The second-order valence-corrected chi connectivity index (χ2v) is 4.35. The van der Waals surface area contributed by atoms with E-state index in [1.807, 2.05) is 6.92 Å². The quantitative estimate of drug-likeness (QED) is 0.747. The highest BCUT2D eigenvalue weighted by molar-refractivity contribution is 5.37. The Morgan fingerprint density at radius 1 is 1.31 bits per heavy atom. The lowest BCUT2D eigenvalue weighted by Gasteiger charge is -2.20. The molecule has 1 aromatic heterocycles. The SMILES string of the molecule is Cc1nccnc1NCCCN(C)C(C)C. The van der Waals surface area contributed by atoms with E-state index in [0.29, 0.717) is 6.04 Å². The maximum atomic E-state index is 4.24.